The molecule has 1 aliphatic carbocycles. The zero-order chi connectivity index (χ0) is 10.6. The van der Waals surface area contributed by atoms with Crippen LogP contribution in [0, 0.1) is 0 Å². The predicted octanol–water partition coefficient (Wildman–Crippen LogP) is 2.00. The van der Waals surface area contributed by atoms with Crippen LogP contribution in [-0.4, -0.2) is 36.2 Å². The van der Waals surface area contributed by atoms with Gasteiger partial charge in [-0.15, -0.1) is 0 Å². The largest absolute Gasteiger partial charge is 0.312 e. The molecule has 2 N–H and O–H groups in total. The fraction of sp³-hybridized carbons (Fsp3) is 1.00. The first-order valence-corrected chi connectivity index (χ1v) is 7.50. The highest BCUT2D eigenvalue weighted by molar-refractivity contribution is 7.99. The van der Waals surface area contributed by atoms with Gasteiger partial charge in [-0.1, -0.05) is 12.8 Å². The first kappa shape index (κ1) is 11.7. The lowest BCUT2D eigenvalue weighted by Crippen LogP contribution is -2.44. The number of thioether (sulfide) groups is 1. The minimum atomic E-state index is 0.460. The van der Waals surface area contributed by atoms with Crippen molar-refractivity contribution in [1.29, 1.82) is 0 Å². The maximum absolute atomic E-state index is 3.76. The van der Waals surface area contributed by atoms with E-state index in [9.17, 15) is 0 Å². The highest BCUT2D eigenvalue weighted by Crippen LogP contribution is 2.28. The van der Waals surface area contributed by atoms with E-state index < -0.39 is 0 Å². The van der Waals surface area contributed by atoms with Crippen LogP contribution in [0.3, 0.4) is 0 Å². The Morgan fingerprint density at radius 1 is 1.40 bits per heavy atom. The van der Waals surface area contributed by atoms with Gasteiger partial charge in [0.25, 0.3) is 0 Å². The summed E-state index contributed by atoms with van der Waals surface area (Å²) >= 11 is 2.09. The molecule has 2 nitrogen and oxygen atoms in total. The van der Waals surface area contributed by atoms with E-state index in [2.05, 4.69) is 29.3 Å². The second-order valence-electron chi connectivity index (χ2n) is 5.21. The van der Waals surface area contributed by atoms with E-state index in [1.807, 2.05) is 0 Å². The SMILES string of the molecule is CC1(NCCC2CSCCN2)CCCC1. The summed E-state index contributed by atoms with van der Waals surface area (Å²) < 4.78 is 0. The fourth-order valence-electron chi connectivity index (χ4n) is 2.69. The van der Waals surface area contributed by atoms with Crippen molar-refractivity contribution in [3.8, 4) is 0 Å². The van der Waals surface area contributed by atoms with Gasteiger partial charge in [0.15, 0.2) is 0 Å². The summed E-state index contributed by atoms with van der Waals surface area (Å²) in [5, 5.41) is 7.35. The Labute approximate surface area is 98.0 Å². The van der Waals surface area contributed by atoms with Crippen LogP contribution in [0.25, 0.3) is 0 Å². The maximum Gasteiger partial charge on any atom is 0.0170 e. The Hall–Kier alpha value is 0.270. The standard InChI is InChI=1S/C12H24N2S/c1-12(5-2-3-6-12)14-7-4-11-10-15-9-8-13-11/h11,13-14H,2-10H2,1H3. The normalized spacial score (nSPS) is 30.6. The molecule has 15 heavy (non-hydrogen) atoms. The third-order valence-corrected chi connectivity index (χ3v) is 4.88. The minimum Gasteiger partial charge on any atom is -0.312 e. The van der Waals surface area contributed by atoms with Crippen molar-refractivity contribution >= 4 is 11.8 Å². The average molecular weight is 228 g/mol. The van der Waals surface area contributed by atoms with Crippen molar-refractivity contribution in [2.24, 2.45) is 0 Å². The van der Waals surface area contributed by atoms with Gasteiger partial charge in [0.2, 0.25) is 0 Å². The van der Waals surface area contributed by atoms with Gasteiger partial charge in [0.05, 0.1) is 0 Å². The van der Waals surface area contributed by atoms with Gasteiger partial charge in [-0.05, 0) is 32.7 Å². The lowest BCUT2D eigenvalue weighted by Gasteiger charge is -2.28. The Bertz CT molecular complexity index is 184. The van der Waals surface area contributed by atoms with Crippen molar-refractivity contribution in [2.45, 2.75) is 50.6 Å². The van der Waals surface area contributed by atoms with E-state index >= 15 is 0 Å². The van der Waals surface area contributed by atoms with Crippen LogP contribution in [0.15, 0.2) is 0 Å². The molecule has 1 unspecified atom stereocenters. The number of hydrogen-bond donors (Lipinski definition) is 2. The lowest BCUT2D eigenvalue weighted by molar-refractivity contribution is 0.351. The average Bonchev–Trinajstić information content (AvgIpc) is 2.67. The Morgan fingerprint density at radius 2 is 2.20 bits per heavy atom. The minimum absolute atomic E-state index is 0.460. The van der Waals surface area contributed by atoms with Gasteiger partial charge in [0, 0.05) is 29.6 Å². The summed E-state index contributed by atoms with van der Waals surface area (Å²) in [5.41, 5.74) is 0.460. The molecule has 1 saturated heterocycles. The van der Waals surface area contributed by atoms with E-state index in [4.69, 9.17) is 0 Å². The molecule has 0 aromatic heterocycles. The van der Waals surface area contributed by atoms with Crippen molar-refractivity contribution < 1.29 is 0 Å². The Balaban J connectivity index is 1.61. The topological polar surface area (TPSA) is 24.1 Å². The zero-order valence-electron chi connectivity index (χ0n) is 9.85. The van der Waals surface area contributed by atoms with E-state index in [-0.39, 0.29) is 0 Å². The second kappa shape index (κ2) is 5.55. The van der Waals surface area contributed by atoms with Gasteiger partial charge >= 0.3 is 0 Å². The number of hydrogen-bond acceptors (Lipinski definition) is 3. The van der Waals surface area contributed by atoms with Crippen LogP contribution in [0.2, 0.25) is 0 Å². The Kier molecular flexibility index (Phi) is 4.35. The molecule has 2 fully saturated rings. The zero-order valence-corrected chi connectivity index (χ0v) is 10.7. The molecule has 2 aliphatic rings. The molecule has 0 aromatic rings. The second-order valence-corrected chi connectivity index (χ2v) is 6.36. The van der Waals surface area contributed by atoms with Crippen molar-refractivity contribution in [3.63, 3.8) is 0 Å². The summed E-state index contributed by atoms with van der Waals surface area (Å²) in [6.07, 6.45) is 6.88. The van der Waals surface area contributed by atoms with Crippen LogP contribution in [-0.2, 0) is 0 Å². The summed E-state index contributed by atoms with van der Waals surface area (Å²) in [5.74, 6) is 2.60. The van der Waals surface area contributed by atoms with Gasteiger partial charge in [-0.2, -0.15) is 11.8 Å². The molecule has 3 heteroatoms. The van der Waals surface area contributed by atoms with Crippen LogP contribution in [0.5, 0.6) is 0 Å². The molecule has 2 rings (SSSR count). The highest BCUT2D eigenvalue weighted by atomic mass is 32.2. The van der Waals surface area contributed by atoms with Crippen molar-refractivity contribution in [1.82, 2.24) is 10.6 Å². The molecule has 0 aromatic carbocycles. The van der Waals surface area contributed by atoms with Crippen LogP contribution in [0.4, 0.5) is 0 Å². The van der Waals surface area contributed by atoms with E-state index in [0.717, 1.165) is 6.04 Å². The first-order chi connectivity index (χ1) is 7.29. The molecule has 1 atom stereocenters. The predicted molar refractivity (Wildman–Crippen MR) is 68.6 cm³/mol. The highest BCUT2D eigenvalue weighted by Gasteiger charge is 2.27. The molecule has 0 spiro atoms. The number of rotatable bonds is 4. The quantitative estimate of drug-likeness (QED) is 0.769. The first-order valence-electron chi connectivity index (χ1n) is 6.35. The molecule has 1 saturated carbocycles. The van der Waals surface area contributed by atoms with E-state index in [0.29, 0.717) is 5.54 Å². The molecule has 0 radical (unpaired) electrons. The van der Waals surface area contributed by atoms with Gasteiger partial charge in [-0.3, -0.25) is 0 Å². The van der Waals surface area contributed by atoms with Gasteiger partial charge in [0.1, 0.15) is 0 Å². The van der Waals surface area contributed by atoms with Crippen LogP contribution in [0.1, 0.15) is 39.0 Å². The molecular weight excluding hydrogens is 204 g/mol. The van der Waals surface area contributed by atoms with Gasteiger partial charge < -0.3 is 10.6 Å². The van der Waals surface area contributed by atoms with Crippen molar-refractivity contribution in [3.05, 3.63) is 0 Å². The monoisotopic (exact) mass is 228 g/mol. The molecule has 88 valence electrons. The lowest BCUT2D eigenvalue weighted by atomic mass is 10.0. The molecule has 0 amide bonds. The smallest absolute Gasteiger partial charge is 0.0170 e. The summed E-state index contributed by atoms with van der Waals surface area (Å²) in [6, 6.07) is 0.751. The summed E-state index contributed by atoms with van der Waals surface area (Å²) in [7, 11) is 0. The maximum atomic E-state index is 3.76. The third-order valence-electron chi connectivity index (χ3n) is 3.75. The van der Waals surface area contributed by atoms with Crippen molar-refractivity contribution in [2.75, 3.05) is 24.6 Å². The van der Waals surface area contributed by atoms with Crippen LogP contribution < -0.4 is 10.6 Å². The molecular formula is C12H24N2S. The molecule has 0 bridgehead atoms. The third kappa shape index (κ3) is 3.65. The van der Waals surface area contributed by atoms with Gasteiger partial charge in [-0.25, -0.2) is 0 Å². The molecule has 1 aliphatic heterocycles. The summed E-state index contributed by atoms with van der Waals surface area (Å²) in [4.78, 5) is 0. The van der Waals surface area contributed by atoms with Crippen LogP contribution >= 0.6 is 11.8 Å². The fourth-order valence-corrected chi connectivity index (χ4v) is 3.68. The van der Waals surface area contributed by atoms with E-state index in [1.54, 1.807) is 0 Å². The number of nitrogens with one attached hydrogen (secondary N) is 2. The summed E-state index contributed by atoms with van der Waals surface area (Å²) in [6.45, 7) is 4.78. The Morgan fingerprint density at radius 3 is 2.87 bits per heavy atom. The molecule has 1 heterocycles. The van der Waals surface area contributed by atoms with E-state index in [1.165, 1.54) is 56.7 Å².